The molecule has 0 unspecified atom stereocenters. The maximum absolute atomic E-state index is 11.3. The minimum atomic E-state index is -4.29. The summed E-state index contributed by atoms with van der Waals surface area (Å²) < 4.78 is 56.4. The Kier molecular flexibility index (Phi) is 10.0. The molecule has 0 aromatic rings. The van der Waals surface area contributed by atoms with Crippen LogP contribution in [-0.2, 0) is 42.7 Å². The number of hydrogen-bond donors (Lipinski definition) is 0. The van der Waals surface area contributed by atoms with Gasteiger partial charge in [-0.2, -0.15) is 16.8 Å². The molecule has 0 aromatic carbocycles. The lowest BCUT2D eigenvalue weighted by Gasteiger charge is -2.05. The average Bonchev–Trinajstić information content (AvgIpc) is 2.38. The van der Waals surface area contributed by atoms with Gasteiger partial charge < -0.3 is 8.37 Å². The van der Waals surface area contributed by atoms with E-state index >= 15 is 0 Å². The van der Waals surface area contributed by atoms with Crippen molar-refractivity contribution in [2.24, 2.45) is 0 Å². The second-order valence-corrected chi connectivity index (χ2v) is 7.55. The van der Waals surface area contributed by atoms with E-state index in [1.165, 1.54) is 0 Å². The van der Waals surface area contributed by atoms with Gasteiger partial charge in [0.2, 0.25) is 0 Å². The van der Waals surface area contributed by atoms with Crippen LogP contribution in [0, 0.1) is 0 Å². The first kappa shape index (κ1) is 21.8. The molecular formula is C12H22O9S2. The average molecular weight is 374 g/mol. The van der Waals surface area contributed by atoms with E-state index < -0.39 is 32.5 Å². The molecular weight excluding hydrogens is 352 g/mol. The summed E-state index contributed by atoms with van der Waals surface area (Å²) in [4.78, 5) is 22.4. The molecule has 0 aliphatic heterocycles. The predicted molar refractivity (Wildman–Crippen MR) is 79.9 cm³/mol. The van der Waals surface area contributed by atoms with Crippen molar-refractivity contribution in [3.05, 3.63) is 0 Å². The van der Waals surface area contributed by atoms with Crippen molar-refractivity contribution in [1.82, 2.24) is 0 Å². The summed E-state index contributed by atoms with van der Waals surface area (Å²) in [6.07, 6.45) is 3.01. The zero-order valence-corrected chi connectivity index (χ0v) is 14.8. The van der Waals surface area contributed by atoms with Gasteiger partial charge in [-0.05, 0) is 19.3 Å². The highest BCUT2D eigenvalue weighted by molar-refractivity contribution is 7.86. The maximum atomic E-state index is 11.3. The molecule has 0 spiro atoms. The molecule has 11 heteroatoms. The number of carbonyl (C=O) groups is 2. The SMILES string of the molecule is CCCOS(=O)(=O)OC(=O)CCCCCCC(=O)OS(C)(=O)=O. The first-order valence-electron chi connectivity index (χ1n) is 7.09. The molecule has 0 heterocycles. The lowest BCUT2D eigenvalue weighted by molar-refractivity contribution is -0.135. The Bertz CT molecular complexity index is 578. The van der Waals surface area contributed by atoms with Crippen molar-refractivity contribution in [3.8, 4) is 0 Å². The van der Waals surface area contributed by atoms with Gasteiger partial charge in [-0.25, -0.2) is 4.18 Å². The zero-order valence-electron chi connectivity index (χ0n) is 13.1. The van der Waals surface area contributed by atoms with Gasteiger partial charge >= 0.3 is 32.5 Å². The first-order valence-corrected chi connectivity index (χ1v) is 10.2. The number of carbonyl (C=O) groups excluding carboxylic acids is 2. The van der Waals surface area contributed by atoms with E-state index in [4.69, 9.17) is 0 Å². The minimum Gasteiger partial charge on any atom is -0.346 e. The standard InChI is InChI=1S/C12H22O9S2/c1-3-10-19-23(17,18)21-12(14)9-7-5-4-6-8-11(13)20-22(2,15)16/h3-10H2,1-2H3. The highest BCUT2D eigenvalue weighted by atomic mass is 32.3. The van der Waals surface area contributed by atoms with E-state index in [2.05, 4.69) is 12.5 Å². The van der Waals surface area contributed by atoms with E-state index in [1.54, 1.807) is 6.92 Å². The lowest BCUT2D eigenvalue weighted by atomic mass is 10.1. The molecule has 0 bridgehead atoms. The van der Waals surface area contributed by atoms with Crippen LogP contribution in [0.25, 0.3) is 0 Å². The van der Waals surface area contributed by atoms with Crippen LogP contribution < -0.4 is 0 Å². The molecule has 9 nitrogen and oxygen atoms in total. The van der Waals surface area contributed by atoms with Crippen LogP contribution in [0.5, 0.6) is 0 Å². The van der Waals surface area contributed by atoms with Crippen LogP contribution >= 0.6 is 0 Å². The summed E-state index contributed by atoms with van der Waals surface area (Å²) in [5.74, 6) is -1.73. The zero-order chi connectivity index (χ0) is 17.9. The van der Waals surface area contributed by atoms with Crippen LogP contribution in [0.4, 0.5) is 0 Å². The second kappa shape index (κ2) is 10.6. The Morgan fingerprint density at radius 2 is 1.30 bits per heavy atom. The van der Waals surface area contributed by atoms with Gasteiger partial charge in [-0.1, -0.05) is 19.8 Å². The van der Waals surface area contributed by atoms with Gasteiger partial charge in [0.25, 0.3) is 0 Å². The summed E-state index contributed by atoms with van der Waals surface area (Å²) >= 11 is 0. The van der Waals surface area contributed by atoms with Gasteiger partial charge in [0.15, 0.2) is 0 Å². The summed E-state index contributed by atoms with van der Waals surface area (Å²) in [6.45, 7) is 1.66. The van der Waals surface area contributed by atoms with Crippen molar-refractivity contribution >= 4 is 32.5 Å². The van der Waals surface area contributed by atoms with Gasteiger partial charge in [0.05, 0.1) is 12.9 Å². The van der Waals surface area contributed by atoms with Gasteiger partial charge in [0, 0.05) is 12.8 Å². The third-order valence-electron chi connectivity index (χ3n) is 2.38. The Balaban J connectivity index is 3.76. The smallest absolute Gasteiger partial charge is 0.346 e. The fourth-order valence-electron chi connectivity index (χ4n) is 1.47. The third kappa shape index (κ3) is 14.1. The quantitative estimate of drug-likeness (QED) is 0.363. The summed E-state index contributed by atoms with van der Waals surface area (Å²) in [5, 5.41) is 0. The molecule has 136 valence electrons. The molecule has 0 radical (unpaired) electrons. The van der Waals surface area contributed by atoms with Crippen molar-refractivity contribution in [1.29, 1.82) is 0 Å². The fraction of sp³-hybridized carbons (Fsp3) is 0.833. The van der Waals surface area contributed by atoms with Crippen molar-refractivity contribution in [2.45, 2.75) is 51.9 Å². The van der Waals surface area contributed by atoms with Crippen molar-refractivity contribution in [2.75, 3.05) is 12.9 Å². The lowest BCUT2D eigenvalue weighted by Crippen LogP contribution is -2.16. The van der Waals surface area contributed by atoms with E-state index in [-0.39, 0.29) is 19.4 Å². The summed E-state index contributed by atoms with van der Waals surface area (Å²) in [6, 6.07) is 0. The molecule has 0 aliphatic rings. The largest absolute Gasteiger partial charge is 0.451 e. The van der Waals surface area contributed by atoms with Crippen LogP contribution in [-0.4, -0.2) is 41.6 Å². The van der Waals surface area contributed by atoms with Gasteiger partial charge in [-0.15, -0.1) is 0 Å². The molecule has 0 aliphatic carbocycles. The fourth-order valence-corrected chi connectivity index (χ4v) is 2.62. The highest BCUT2D eigenvalue weighted by Crippen LogP contribution is 2.09. The number of hydrogen-bond acceptors (Lipinski definition) is 9. The molecule has 0 N–H and O–H groups in total. The topological polar surface area (TPSA) is 130 Å². The number of rotatable bonds is 12. The molecule has 0 saturated carbocycles. The first-order chi connectivity index (χ1) is 10.6. The second-order valence-electron chi connectivity index (χ2n) is 4.76. The van der Waals surface area contributed by atoms with E-state index in [9.17, 15) is 26.4 Å². The molecule has 0 rings (SSSR count). The van der Waals surface area contributed by atoms with E-state index in [1.807, 2.05) is 0 Å². The van der Waals surface area contributed by atoms with Crippen molar-refractivity contribution < 1.29 is 39.0 Å². The Morgan fingerprint density at radius 3 is 1.74 bits per heavy atom. The van der Waals surface area contributed by atoms with Crippen LogP contribution in [0.2, 0.25) is 0 Å². The van der Waals surface area contributed by atoms with E-state index in [0.717, 1.165) is 6.26 Å². The van der Waals surface area contributed by atoms with Gasteiger partial charge in [0.1, 0.15) is 0 Å². The minimum absolute atomic E-state index is 0.0449. The molecule has 0 fully saturated rings. The Labute approximate surface area is 136 Å². The molecule has 0 saturated heterocycles. The Hall–Kier alpha value is -1.20. The van der Waals surface area contributed by atoms with Crippen LogP contribution in [0.15, 0.2) is 0 Å². The summed E-state index contributed by atoms with van der Waals surface area (Å²) in [5.41, 5.74) is 0. The molecule has 23 heavy (non-hydrogen) atoms. The third-order valence-corrected chi connectivity index (χ3v) is 3.72. The maximum Gasteiger partial charge on any atom is 0.451 e. The van der Waals surface area contributed by atoms with E-state index in [0.29, 0.717) is 32.1 Å². The summed E-state index contributed by atoms with van der Waals surface area (Å²) in [7, 11) is -8.07. The predicted octanol–water partition coefficient (Wildman–Crippen LogP) is 1.04. The van der Waals surface area contributed by atoms with Crippen LogP contribution in [0.3, 0.4) is 0 Å². The molecule has 0 aromatic heterocycles. The van der Waals surface area contributed by atoms with Gasteiger partial charge in [-0.3, -0.25) is 9.59 Å². The molecule has 0 amide bonds. The van der Waals surface area contributed by atoms with Crippen molar-refractivity contribution in [3.63, 3.8) is 0 Å². The number of unbranched alkanes of at least 4 members (excludes halogenated alkanes) is 3. The normalized spacial score (nSPS) is 11.9. The monoisotopic (exact) mass is 374 g/mol. The molecule has 0 atom stereocenters. The van der Waals surface area contributed by atoms with Crippen LogP contribution in [0.1, 0.15) is 51.9 Å². The Morgan fingerprint density at radius 1 is 0.826 bits per heavy atom. The highest BCUT2D eigenvalue weighted by Gasteiger charge is 2.17.